The molecule has 2 heterocycles. The second kappa shape index (κ2) is 4.08. The van der Waals surface area contributed by atoms with Crippen LogP contribution in [0, 0.1) is 0 Å². The van der Waals surface area contributed by atoms with E-state index in [1.807, 2.05) is 6.20 Å². The largest absolute Gasteiger partial charge is 0.346 e. The highest BCUT2D eigenvalue weighted by Crippen LogP contribution is 2.28. The van der Waals surface area contributed by atoms with E-state index in [-0.39, 0.29) is 0 Å². The lowest BCUT2D eigenvalue weighted by molar-refractivity contribution is 0.720. The molecule has 1 aliphatic rings. The lowest BCUT2D eigenvalue weighted by Crippen LogP contribution is -1.91. The Kier molecular flexibility index (Phi) is 2.44. The molecule has 2 aromatic heterocycles. The van der Waals surface area contributed by atoms with Crippen LogP contribution in [0.3, 0.4) is 0 Å². The molecule has 0 amide bonds. The van der Waals surface area contributed by atoms with E-state index in [4.69, 9.17) is 0 Å². The summed E-state index contributed by atoms with van der Waals surface area (Å²) in [6, 6.07) is 2.07. The quantitative estimate of drug-likeness (QED) is 0.789. The highest BCUT2D eigenvalue weighted by molar-refractivity contribution is 5.87. The molecule has 3 nitrogen and oxygen atoms in total. The molecule has 0 unspecified atom stereocenters. The van der Waals surface area contributed by atoms with Crippen LogP contribution >= 0.6 is 0 Å². The van der Waals surface area contributed by atoms with Gasteiger partial charge in [0.05, 0.1) is 5.69 Å². The summed E-state index contributed by atoms with van der Waals surface area (Å²) < 4.78 is 0. The van der Waals surface area contributed by atoms with Crippen molar-refractivity contribution in [3.63, 3.8) is 0 Å². The fraction of sp³-hybridized carbons (Fsp3) is 0.385. The van der Waals surface area contributed by atoms with Gasteiger partial charge in [-0.1, -0.05) is 12.5 Å². The lowest BCUT2D eigenvalue weighted by atomic mass is 10.0. The van der Waals surface area contributed by atoms with Crippen LogP contribution in [0.25, 0.3) is 16.6 Å². The maximum Gasteiger partial charge on any atom is 0.141 e. The van der Waals surface area contributed by atoms with E-state index >= 15 is 0 Å². The molecular weight excluding hydrogens is 198 g/mol. The van der Waals surface area contributed by atoms with E-state index in [0.29, 0.717) is 0 Å². The van der Waals surface area contributed by atoms with Gasteiger partial charge in [0, 0.05) is 11.6 Å². The highest BCUT2D eigenvalue weighted by Gasteiger charge is 2.10. The molecule has 0 fully saturated rings. The summed E-state index contributed by atoms with van der Waals surface area (Å²) in [4.78, 5) is 11.8. The number of nitrogens with one attached hydrogen (secondary N) is 1. The molecule has 82 valence electrons. The molecule has 0 spiro atoms. The number of hydrogen-bond donors (Lipinski definition) is 1. The van der Waals surface area contributed by atoms with Gasteiger partial charge in [0.25, 0.3) is 0 Å². The Labute approximate surface area is 94.6 Å². The fourth-order valence-corrected chi connectivity index (χ4v) is 2.36. The summed E-state index contributed by atoms with van der Waals surface area (Å²) in [7, 11) is 0. The Morgan fingerprint density at radius 2 is 2.12 bits per heavy atom. The third-order valence-corrected chi connectivity index (χ3v) is 3.20. The smallest absolute Gasteiger partial charge is 0.141 e. The van der Waals surface area contributed by atoms with Crippen LogP contribution < -0.4 is 0 Å². The van der Waals surface area contributed by atoms with Gasteiger partial charge >= 0.3 is 0 Å². The zero-order valence-corrected chi connectivity index (χ0v) is 9.24. The summed E-state index contributed by atoms with van der Waals surface area (Å²) in [5, 5.41) is 1.15. The van der Waals surface area contributed by atoms with E-state index in [1.165, 1.54) is 31.3 Å². The van der Waals surface area contributed by atoms with Gasteiger partial charge in [-0.2, -0.15) is 0 Å². The van der Waals surface area contributed by atoms with Crippen molar-refractivity contribution in [3.8, 4) is 0 Å². The van der Waals surface area contributed by atoms with Gasteiger partial charge in [0.15, 0.2) is 0 Å². The van der Waals surface area contributed by atoms with Crippen LogP contribution in [0.4, 0.5) is 0 Å². The Hall–Kier alpha value is -1.64. The molecule has 1 aliphatic carbocycles. The maximum absolute atomic E-state index is 4.45. The molecule has 3 heteroatoms. The number of aromatic amines is 1. The maximum atomic E-state index is 4.45. The van der Waals surface area contributed by atoms with Crippen LogP contribution in [0.15, 0.2) is 24.7 Å². The first-order valence-electron chi connectivity index (χ1n) is 5.92. The van der Waals surface area contributed by atoms with Crippen LogP contribution in [-0.2, 0) is 0 Å². The van der Waals surface area contributed by atoms with Gasteiger partial charge < -0.3 is 4.98 Å². The van der Waals surface area contributed by atoms with Gasteiger partial charge in [-0.05, 0) is 37.3 Å². The Balaban J connectivity index is 2.10. The molecule has 0 bridgehead atoms. The highest BCUT2D eigenvalue weighted by atomic mass is 14.9. The van der Waals surface area contributed by atoms with E-state index in [9.17, 15) is 0 Å². The van der Waals surface area contributed by atoms with E-state index < -0.39 is 0 Å². The van der Waals surface area contributed by atoms with Crippen LogP contribution in [0.2, 0.25) is 0 Å². The topological polar surface area (TPSA) is 41.6 Å². The number of H-pyrrole nitrogens is 1. The lowest BCUT2D eigenvalue weighted by Gasteiger charge is -2.05. The first kappa shape index (κ1) is 9.58. The summed E-state index contributed by atoms with van der Waals surface area (Å²) in [6.45, 7) is 0. The zero-order valence-electron chi connectivity index (χ0n) is 9.24. The van der Waals surface area contributed by atoms with Crippen molar-refractivity contribution in [3.05, 3.63) is 30.4 Å². The van der Waals surface area contributed by atoms with E-state index in [0.717, 1.165) is 23.1 Å². The molecule has 1 N–H and O–H groups in total. The minimum atomic E-state index is 0.940. The molecule has 2 aromatic rings. The average Bonchev–Trinajstić information content (AvgIpc) is 2.63. The van der Waals surface area contributed by atoms with Crippen molar-refractivity contribution in [2.75, 3.05) is 0 Å². The Morgan fingerprint density at radius 3 is 3.12 bits per heavy atom. The third kappa shape index (κ3) is 1.62. The molecule has 0 aliphatic heterocycles. The van der Waals surface area contributed by atoms with Gasteiger partial charge in [-0.3, -0.25) is 0 Å². The normalized spacial score (nSPS) is 17.1. The first-order chi connectivity index (χ1) is 7.95. The number of aromatic nitrogens is 3. The molecule has 0 radical (unpaired) electrons. The first-order valence-corrected chi connectivity index (χ1v) is 5.92. The molecule has 0 atom stereocenters. The number of nitrogens with zero attached hydrogens (tertiary/aromatic N) is 2. The van der Waals surface area contributed by atoms with Crippen molar-refractivity contribution < 1.29 is 0 Å². The number of fused-ring (bicyclic) bond motifs is 1. The number of rotatable bonds is 1. The third-order valence-electron chi connectivity index (χ3n) is 3.20. The molecule has 0 aromatic carbocycles. The second-order valence-electron chi connectivity index (χ2n) is 4.29. The standard InChI is InChI=1S/C13H15N3/c1-2-4-6-10(5-3-1)12-11-7-8-14-13(11)16-9-15-12/h5,7-9H,1-4,6H2,(H,14,15,16). The predicted molar refractivity (Wildman–Crippen MR) is 65.0 cm³/mol. The number of hydrogen-bond acceptors (Lipinski definition) is 2. The fourth-order valence-electron chi connectivity index (χ4n) is 2.36. The van der Waals surface area contributed by atoms with Crippen LogP contribution in [-0.4, -0.2) is 15.0 Å². The summed E-state index contributed by atoms with van der Waals surface area (Å²) in [6.07, 6.45) is 12.2. The van der Waals surface area contributed by atoms with E-state index in [1.54, 1.807) is 6.33 Å². The molecule has 16 heavy (non-hydrogen) atoms. The zero-order chi connectivity index (χ0) is 10.8. The minimum Gasteiger partial charge on any atom is -0.346 e. The summed E-state index contributed by atoms with van der Waals surface area (Å²) in [5.41, 5.74) is 3.45. The van der Waals surface area contributed by atoms with Crippen LogP contribution in [0.5, 0.6) is 0 Å². The monoisotopic (exact) mass is 213 g/mol. The van der Waals surface area contributed by atoms with Crippen molar-refractivity contribution in [2.45, 2.75) is 32.1 Å². The van der Waals surface area contributed by atoms with Crippen molar-refractivity contribution >= 4 is 16.6 Å². The SMILES string of the molecule is C1=C(c2ncnc3[nH]ccc23)CCCCC1. The van der Waals surface area contributed by atoms with Gasteiger partial charge in [-0.15, -0.1) is 0 Å². The van der Waals surface area contributed by atoms with Gasteiger partial charge in [-0.25, -0.2) is 9.97 Å². The van der Waals surface area contributed by atoms with Crippen LogP contribution in [0.1, 0.15) is 37.8 Å². The van der Waals surface area contributed by atoms with Crippen molar-refractivity contribution in [1.29, 1.82) is 0 Å². The molecule has 3 rings (SSSR count). The van der Waals surface area contributed by atoms with E-state index in [2.05, 4.69) is 27.1 Å². The Morgan fingerprint density at radius 1 is 1.12 bits per heavy atom. The minimum absolute atomic E-state index is 0.940. The number of allylic oxidation sites excluding steroid dienone is 2. The molecule has 0 saturated heterocycles. The Bertz CT molecular complexity index is 525. The summed E-state index contributed by atoms with van der Waals surface area (Å²) >= 11 is 0. The predicted octanol–water partition coefficient (Wildman–Crippen LogP) is 3.31. The average molecular weight is 213 g/mol. The molecule has 0 saturated carbocycles. The van der Waals surface area contributed by atoms with Crippen molar-refractivity contribution in [2.24, 2.45) is 0 Å². The van der Waals surface area contributed by atoms with Gasteiger partial charge in [0.2, 0.25) is 0 Å². The van der Waals surface area contributed by atoms with Gasteiger partial charge in [0.1, 0.15) is 12.0 Å². The second-order valence-corrected chi connectivity index (χ2v) is 4.29. The van der Waals surface area contributed by atoms with Crippen molar-refractivity contribution in [1.82, 2.24) is 15.0 Å². The molecular formula is C13H15N3. The summed E-state index contributed by atoms with van der Waals surface area (Å²) in [5.74, 6) is 0.